The lowest BCUT2D eigenvalue weighted by atomic mass is 9.76. The highest BCUT2D eigenvalue weighted by Gasteiger charge is 2.45. The van der Waals surface area contributed by atoms with Gasteiger partial charge in [-0.05, 0) is 78.6 Å². The normalized spacial score (nSPS) is 13.7. The second-order valence-corrected chi connectivity index (χ2v) is 12.3. The average molecular weight is 577 g/mol. The minimum Gasteiger partial charge on any atom is -0.580 e. The summed E-state index contributed by atoms with van der Waals surface area (Å²) in [6, 6.07) is 0. The lowest BCUT2D eigenvalue weighted by Gasteiger charge is -2.28. The number of carbonyl (C=O) groups excluding carboxylic acids is 3. The molecule has 40 heavy (non-hydrogen) atoms. The van der Waals surface area contributed by atoms with Gasteiger partial charge in [0.25, 0.3) is 0 Å². The van der Waals surface area contributed by atoms with Gasteiger partial charge in [0.15, 0.2) is 17.3 Å². The van der Waals surface area contributed by atoms with Crippen molar-refractivity contribution in [3.8, 4) is 0 Å². The molecular weight excluding hydrogens is 519 g/mol. The van der Waals surface area contributed by atoms with Gasteiger partial charge in [-0.3, -0.25) is 14.4 Å². The molecule has 0 aromatic heterocycles. The van der Waals surface area contributed by atoms with Crippen LogP contribution in [-0.4, -0.2) is 32.5 Å². The molecular formula is C33H57AlO6. The largest absolute Gasteiger partial charge is 1.20 e. The maximum atomic E-state index is 13.2. The van der Waals surface area contributed by atoms with Gasteiger partial charge in [0, 0.05) is 34.5 Å². The van der Waals surface area contributed by atoms with Gasteiger partial charge < -0.3 is 11.4 Å². The third-order valence-electron chi connectivity index (χ3n) is 9.51. The Kier molecular flexibility index (Phi) is 17.0. The minimum absolute atomic E-state index is 0.0207. The second-order valence-electron chi connectivity index (χ2n) is 11.0. The molecule has 0 aromatic carbocycles. The molecule has 0 N–H and O–H groups in total. The van der Waals surface area contributed by atoms with Gasteiger partial charge in [0.2, 0.25) is 0 Å². The van der Waals surface area contributed by atoms with Crippen LogP contribution in [0.25, 0.3) is 0 Å². The van der Waals surface area contributed by atoms with Crippen molar-refractivity contribution in [1.82, 2.24) is 0 Å². The number of hydrogen-bond donors (Lipinski definition) is 0. The molecule has 7 heteroatoms. The summed E-state index contributed by atoms with van der Waals surface area (Å²) >= 11 is -2.99. The molecule has 0 aliphatic carbocycles. The lowest BCUT2D eigenvalue weighted by Crippen LogP contribution is -2.31. The van der Waals surface area contributed by atoms with E-state index in [-0.39, 0.29) is 17.3 Å². The van der Waals surface area contributed by atoms with Crippen LogP contribution in [-0.2, 0) is 25.7 Å². The summed E-state index contributed by atoms with van der Waals surface area (Å²) in [4.78, 5) is 39.5. The zero-order valence-corrected chi connectivity index (χ0v) is 28.8. The van der Waals surface area contributed by atoms with Crippen LogP contribution in [0.5, 0.6) is 0 Å². The molecule has 0 atom stereocenters. The second kappa shape index (κ2) is 17.9. The highest BCUT2D eigenvalue weighted by Crippen LogP contribution is 2.34. The molecule has 228 valence electrons. The quantitative estimate of drug-likeness (QED) is 0.0770. The Hall–Kier alpha value is -1.84. The number of rotatable bonds is 21. The number of carbonyl (C=O) groups is 3. The van der Waals surface area contributed by atoms with E-state index in [2.05, 4.69) is 0 Å². The Morgan fingerprint density at radius 3 is 0.775 bits per heavy atom. The SMILES string of the molecule is CCC(CC)(CC)C(=O)/C=C(/C)[O][Al]([O]/C(C)=C\C(=O)C(CC)(CC)CC)[O]/C(C)=C/C(=O)C(CC)(CC)CC. The van der Waals surface area contributed by atoms with Crippen molar-refractivity contribution < 1.29 is 25.7 Å². The first-order valence-electron chi connectivity index (χ1n) is 15.5. The van der Waals surface area contributed by atoms with Crippen LogP contribution in [0.3, 0.4) is 0 Å². The minimum atomic E-state index is -2.99. The van der Waals surface area contributed by atoms with E-state index in [4.69, 9.17) is 11.4 Å². The summed E-state index contributed by atoms with van der Waals surface area (Å²) in [5, 5.41) is 0. The van der Waals surface area contributed by atoms with E-state index in [0.717, 1.165) is 57.8 Å². The fourth-order valence-corrected chi connectivity index (χ4v) is 6.72. The Balaban J connectivity index is 6.28. The van der Waals surface area contributed by atoms with Crippen LogP contribution in [0.2, 0.25) is 0 Å². The zero-order valence-electron chi connectivity index (χ0n) is 27.6. The van der Waals surface area contributed by atoms with Crippen molar-refractivity contribution in [1.29, 1.82) is 0 Å². The monoisotopic (exact) mass is 576 g/mol. The maximum Gasteiger partial charge on any atom is 1.20 e. The molecule has 0 fully saturated rings. The van der Waals surface area contributed by atoms with Crippen LogP contribution in [0.1, 0.15) is 141 Å². The van der Waals surface area contributed by atoms with E-state index in [1.165, 1.54) is 18.2 Å². The summed E-state index contributed by atoms with van der Waals surface area (Å²) in [7, 11) is 0. The highest BCUT2D eigenvalue weighted by atomic mass is 27.3. The maximum absolute atomic E-state index is 13.2. The van der Waals surface area contributed by atoms with E-state index in [1.807, 2.05) is 62.3 Å². The van der Waals surface area contributed by atoms with Crippen LogP contribution in [0.4, 0.5) is 0 Å². The Morgan fingerprint density at radius 2 is 0.625 bits per heavy atom. The first-order valence-corrected chi connectivity index (χ1v) is 16.9. The van der Waals surface area contributed by atoms with Gasteiger partial charge in [-0.1, -0.05) is 62.3 Å². The first kappa shape index (κ1) is 38.2. The molecule has 0 saturated heterocycles. The van der Waals surface area contributed by atoms with Crippen molar-refractivity contribution in [3.05, 3.63) is 35.5 Å². The van der Waals surface area contributed by atoms with Crippen molar-refractivity contribution in [2.75, 3.05) is 0 Å². The van der Waals surface area contributed by atoms with Gasteiger partial charge >= 0.3 is 15.1 Å². The Morgan fingerprint density at radius 1 is 0.450 bits per heavy atom. The van der Waals surface area contributed by atoms with E-state index < -0.39 is 31.4 Å². The van der Waals surface area contributed by atoms with Gasteiger partial charge in [-0.2, -0.15) is 0 Å². The van der Waals surface area contributed by atoms with Crippen molar-refractivity contribution in [2.45, 2.75) is 141 Å². The topological polar surface area (TPSA) is 78.9 Å². The van der Waals surface area contributed by atoms with Gasteiger partial charge in [0.05, 0.1) is 17.3 Å². The molecule has 0 saturated carbocycles. The Labute approximate surface area is 250 Å². The molecule has 0 amide bonds. The smallest absolute Gasteiger partial charge is 0.580 e. The standard InChI is InChI=1S/3C11H20O2.Al/c3*1-5-11(6-2,7-3)10(13)8-9(4)12;/h3*8,12H,5-7H2,1-4H3;/q;;;+3/p-3/b9-8+;2*9-8-;. The predicted molar refractivity (Wildman–Crippen MR) is 165 cm³/mol. The predicted octanol–water partition coefficient (Wildman–Crippen LogP) is 9.09. The summed E-state index contributed by atoms with van der Waals surface area (Å²) in [6.45, 7) is 23.4. The molecule has 6 nitrogen and oxygen atoms in total. The first-order chi connectivity index (χ1) is 18.8. The van der Waals surface area contributed by atoms with E-state index in [0.29, 0.717) is 17.3 Å². The van der Waals surface area contributed by atoms with Crippen LogP contribution < -0.4 is 0 Å². The average Bonchev–Trinajstić information content (AvgIpc) is 2.92. The molecule has 0 unspecified atom stereocenters. The lowest BCUT2D eigenvalue weighted by molar-refractivity contribution is -0.125. The summed E-state index contributed by atoms with van der Waals surface area (Å²) in [5.41, 5.74) is -1.29. The van der Waals surface area contributed by atoms with Crippen LogP contribution >= 0.6 is 0 Å². The molecule has 0 spiro atoms. The van der Waals surface area contributed by atoms with Gasteiger partial charge in [-0.25, -0.2) is 0 Å². The third kappa shape index (κ3) is 9.91. The summed E-state index contributed by atoms with van der Waals surface area (Å²) < 4.78 is 18.3. The number of allylic oxidation sites excluding steroid dienone is 6. The van der Waals surface area contributed by atoms with E-state index in [9.17, 15) is 14.4 Å². The molecule has 0 aliphatic heterocycles. The van der Waals surface area contributed by atoms with Gasteiger partial charge in [0.1, 0.15) is 0 Å². The summed E-state index contributed by atoms with van der Waals surface area (Å²) in [5.74, 6) is 1.26. The molecule has 0 rings (SSSR count). The van der Waals surface area contributed by atoms with Gasteiger partial charge in [-0.15, -0.1) is 0 Å². The van der Waals surface area contributed by atoms with E-state index >= 15 is 0 Å². The van der Waals surface area contributed by atoms with Crippen LogP contribution in [0, 0.1) is 16.2 Å². The van der Waals surface area contributed by atoms with Crippen molar-refractivity contribution in [3.63, 3.8) is 0 Å². The molecule has 0 bridgehead atoms. The summed E-state index contributed by atoms with van der Waals surface area (Å²) in [6.07, 6.45) is 11.3. The number of ketones is 3. The highest BCUT2D eigenvalue weighted by molar-refractivity contribution is 6.37. The van der Waals surface area contributed by atoms with E-state index in [1.54, 1.807) is 20.8 Å². The number of hydrogen-bond acceptors (Lipinski definition) is 6. The molecule has 0 aromatic rings. The molecule has 0 radical (unpaired) electrons. The molecule has 0 heterocycles. The Bertz CT molecular complexity index is 774. The van der Waals surface area contributed by atoms with Crippen molar-refractivity contribution >= 4 is 32.5 Å². The van der Waals surface area contributed by atoms with Crippen LogP contribution in [0.15, 0.2) is 35.5 Å². The third-order valence-corrected chi connectivity index (χ3v) is 11.2. The molecule has 0 aliphatic rings. The van der Waals surface area contributed by atoms with Crippen molar-refractivity contribution in [2.24, 2.45) is 16.2 Å². The fourth-order valence-electron chi connectivity index (χ4n) is 5.46. The zero-order chi connectivity index (χ0) is 31.1. The fraction of sp³-hybridized carbons (Fsp3) is 0.727.